The van der Waals surface area contributed by atoms with E-state index in [0.29, 0.717) is 6.42 Å². The molecule has 0 radical (unpaired) electrons. The van der Waals surface area contributed by atoms with Gasteiger partial charge in [-0.2, -0.15) is 0 Å². The summed E-state index contributed by atoms with van der Waals surface area (Å²) in [6.07, 6.45) is 6.85. The monoisotopic (exact) mass is 431 g/mol. The minimum Gasteiger partial charge on any atom is -0.342 e. The number of nitrogens with one attached hydrogen (secondary N) is 2. The van der Waals surface area contributed by atoms with Crippen LogP contribution in [-0.4, -0.2) is 42.9 Å². The van der Waals surface area contributed by atoms with E-state index < -0.39 is 0 Å². The van der Waals surface area contributed by atoms with E-state index in [4.69, 9.17) is 0 Å². The SMILES string of the molecule is O=C(Nc1cccc(CC(=O)N2CCC3(CCc4ccccc43)CC2)c1)C1CCCNC1. The summed E-state index contributed by atoms with van der Waals surface area (Å²) < 4.78 is 0. The van der Waals surface area contributed by atoms with Crippen molar-refractivity contribution in [3.63, 3.8) is 0 Å². The van der Waals surface area contributed by atoms with Crippen LogP contribution in [0.25, 0.3) is 0 Å². The highest BCUT2D eigenvalue weighted by Gasteiger charge is 2.41. The fourth-order valence-electron chi connectivity index (χ4n) is 5.83. The molecule has 2 aliphatic heterocycles. The molecule has 1 aliphatic carbocycles. The Balaban J connectivity index is 1.17. The average Bonchev–Trinajstić information content (AvgIpc) is 3.18. The molecule has 1 atom stereocenters. The molecule has 168 valence electrons. The topological polar surface area (TPSA) is 61.4 Å². The first-order valence-corrected chi connectivity index (χ1v) is 12.1. The van der Waals surface area contributed by atoms with Gasteiger partial charge < -0.3 is 15.5 Å². The van der Waals surface area contributed by atoms with Crippen LogP contribution in [0.3, 0.4) is 0 Å². The molecule has 1 unspecified atom stereocenters. The first kappa shape index (κ1) is 21.2. The van der Waals surface area contributed by atoms with E-state index in [2.05, 4.69) is 34.9 Å². The molecule has 2 amide bonds. The number of hydrogen-bond acceptors (Lipinski definition) is 3. The largest absolute Gasteiger partial charge is 0.342 e. The Morgan fingerprint density at radius 3 is 2.72 bits per heavy atom. The molecule has 0 saturated carbocycles. The number of rotatable bonds is 4. The van der Waals surface area contributed by atoms with Crippen LogP contribution in [0.2, 0.25) is 0 Å². The van der Waals surface area contributed by atoms with Crippen molar-refractivity contribution in [3.05, 3.63) is 65.2 Å². The van der Waals surface area contributed by atoms with E-state index in [-0.39, 0.29) is 23.1 Å². The molecule has 2 saturated heterocycles. The molecule has 2 aromatic rings. The number of likely N-dealkylation sites (tertiary alicyclic amines) is 1. The van der Waals surface area contributed by atoms with Crippen LogP contribution in [0.4, 0.5) is 5.69 Å². The summed E-state index contributed by atoms with van der Waals surface area (Å²) in [7, 11) is 0. The zero-order chi connectivity index (χ0) is 22.0. The standard InChI is InChI=1S/C27H33N3O2/c31-25(30-15-12-27(13-16-30)11-10-21-6-1-2-9-24(21)27)18-20-5-3-8-23(17-20)29-26(32)22-7-4-14-28-19-22/h1-3,5-6,8-9,17,22,28H,4,7,10-16,18-19H2,(H,29,32). The second-order valence-corrected chi connectivity index (χ2v) is 9.73. The van der Waals surface area contributed by atoms with Gasteiger partial charge in [0.2, 0.25) is 11.8 Å². The van der Waals surface area contributed by atoms with Crippen molar-refractivity contribution in [1.82, 2.24) is 10.2 Å². The molecule has 1 spiro atoms. The van der Waals surface area contributed by atoms with Crippen molar-refractivity contribution >= 4 is 17.5 Å². The highest BCUT2D eigenvalue weighted by atomic mass is 16.2. The van der Waals surface area contributed by atoms with Gasteiger partial charge in [-0.05, 0) is 79.3 Å². The molecular weight excluding hydrogens is 398 g/mol. The molecule has 0 bridgehead atoms. The molecule has 5 rings (SSSR count). The Bertz CT molecular complexity index is 988. The molecule has 2 aromatic carbocycles. The number of aryl methyl sites for hydroxylation is 1. The second kappa shape index (κ2) is 9.07. The summed E-state index contributed by atoms with van der Waals surface area (Å²) in [6, 6.07) is 16.6. The smallest absolute Gasteiger partial charge is 0.228 e. The van der Waals surface area contributed by atoms with Gasteiger partial charge in [0.15, 0.2) is 0 Å². The van der Waals surface area contributed by atoms with Gasteiger partial charge in [-0.3, -0.25) is 9.59 Å². The Hall–Kier alpha value is -2.66. The molecule has 2 heterocycles. The summed E-state index contributed by atoms with van der Waals surface area (Å²) >= 11 is 0. The summed E-state index contributed by atoms with van der Waals surface area (Å²) in [6.45, 7) is 3.40. The lowest BCUT2D eigenvalue weighted by Gasteiger charge is -2.40. The number of carbonyl (C=O) groups is 2. The van der Waals surface area contributed by atoms with Crippen molar-refractivity contribution in [1.29, 1.82) is 0 Å². The number of nitrogens with zero attached hydrogens (tertiary/aromatic N) is 1. The van der Waals surface area contributed by atoms with Crippen LogP contribution in [0, 0.1) is 5.92 Å². The Kier molecular flexibility index (Phi) is 6.01. The third kappa shape index (κ3) is 4.31. The van der Waals surface area contributed by atoms with Crippen LogP contribution < -0.4 is 10.6 Å². The van der Waals surface area contributed by atoms with Gasteiger partial charge in [-0.15, -0.1) is 0 Å². The van der Waals surface area contributed by atoms with Crippen LogP contribution >= 0.6 is 0 Å². The Labute approximate surface area is 190 Å². The number of carbonyl (C=O) groups excluding carboxylic acids is 2. The quantitative estimate of drug-likeness (QED) is 0.777. The normalized spacial score (nSPS) is 21.9. The van der Waals surface area contributed by atoms with Gasteiger partial charge in [0.25, 0.3) is 0 Å². The highest BCUT2D eigenvalue weighted by Crippen LogP contribution is 2.46. The molecule has 3 aliphatic rings. The minimum atomic E-state index is 0.0235. The zero-order valence-electron chi connectivity index (χ0n) is 18.7. The maximum absolute atomic E-state index is 13.0. The first-order valence-electron chi connectivity index (χ1n) is 12.1. The van der Waals surface area contributed by atoms with Crippen LogP contribution in [0.1, 0.15) is 48.8 Å². The minimum absolute atomic E-state index is 0.0235. The van der Waals surface area contributed by atoms with Gasteiger partial charge in [-0.1, -0.05) is 36.4 Å². The molecule has 32 heavy (non-hydrogen) atoms. The molecular formula is C27H33N3O2. The fourth-order valence-corrected chi connectivity index (χ4v) is 5.83. The molecule has 2 fully saturated rings. The van der Waals surface area contributed by atoms with Crippen LogP contribution in [0.5, 0.6) is 0 Å². The predicted molar refractivity (Wildman–Crippen MR) is 127 cm³/mol. The van der Waals surface area contributed by atoms with Crippen LogP contribution in [0.15, 0.2) is 48.5 Å². The number of amides is 2. The second-order valence-electron chi connectivity index (χ2n) is 9.73. The lowest BCUT2D eigenvalue weighted by Crippen LogP contribution is -2.44. The van der Waals surface area contributed by atoms with Gasteiger partial charge in [0.1, 0.15) is 0 Å². The van der Waals surface area contributed by atoms with Crippen molar-refractivity contribution in [2.45, 2.75) is 50.4 Å². The van der Waals surface area contributed by atoms with E-state index in [1.54, 1.807) is 0 Å². The summed E-state index contributed by atoms with van der Waals surface area (Å²) in [4.78, 5) is 27.6. The number of anilines is 1. The van der Waals surface area contributed by atoms with Gasteiger partial charge >= 0.3 is 0 Å². The first-order chi connectivity index (χ1) is 15.6. The summed E-state index contributed by atoms with van der Waals surface area (Å²) in [5, 5.41) is 6.33. The number of hydrogen-bond donors (Lipinski definition) is 2. The molecule has 0 aromatic heterocycles. The predicted octanol–water partition coefficient (Wildman–Crippen LogP) is 3.67. The van der Waals surface area contributed by atoms with Gasteiger partial charge in [0.05, 0.1) is 12.3 Å². The molecule has 5 heteroatoms. The zero-order valence-corrected chi connectivity index (χ0v) is 18.7. The van der Waals surface area contributed by atoms with E-state index in [1.165, 1.54) is 24.0 Å². The average molecular weight is 432 g/mol. The number of piperidine rings is 2. The van der Waals surface area contributed by atoms with Crippen molar-refractivity contribution in [3.8, 4) is 0 Å². The van der Waals surface area contributed by atoms with Gasteiger partial charge in [-0.25, -0.2) is 0 Å². The van der Waals surface area contributed by atoms with E-state index in [0.717, 1.165) is 63.1 Å². The van der Waals surface area contributed by atoms with Gasteiger partial charge in [0, 0.05) is 25.3 Å². The van der Waals surface area contributed by atoms with Crippen molar-refractivity contribution < 1.29 is 9.59 Å². The summed E-state index contributed by atoms with van der Waals surface area (Å²) in [5.41, 5.74) is 5.02. The number of benzene rings is 2. The fraction of sp³-hybridized carbons (Fsp3) is 0.481. The van der Waals surface area contributed by atoms with Crippen LogP contribution in [-0.2, 0) is 27.8 Å². The van der Waals surface area contributed by atoms with E-state index >= 15 is 0 Å². The maximum Gasteiger partial charge on any atom is 0.228 e. The Morgan fingerprint density at radius 2 is 1.91 bits per heavy atom. The van der Waals surface area contributed by atoms with Crippen molar-refractivity contribution in [2.75, 3.05) is 31.5 Å². The molecule has 2 N–H and O–H groups in total. The third-order valence-electron chi connectivity index (χ3n) is 7.75. The maximum atomic E-state index is 13.0. The van der Waals surface area contributed by atoms with E-state index in [9.17, 15) is 9.59 Å². The lowest BCUT2D eigenvalue weighted by atomic mass is 9.74. The third-order valence-corrected chi connectivity index (χ3v) is 7.75. The highest BCUT2D eigenvalue weighted by molar-refractivity contribution is 5.93. The molecule has 5 nitrogen and oxygen atoms in total. The van der Waals surface area contributed by atoms with E-state index in [1.807, 2.05) is 29.2 Å². The summed E-state index contributed by atoms with van der Waals surface area (Å²) in [5.74, 6) is 0.278. The Morgan fingerprint density at radius 1 is 1.06 bits per heavy atom. The lowest BCUT2D eigenvalue weighted by molar-refractivity contribution is -0.132. The van der Waals surface area contributed by atoms with Crippen molar-refractivity contribution in [2.24, 2.45) is 5.92 Å². The number of fused-ring (bicyclic) bond motifs is 2.